The van der Waals surface area contributed by atoms with E-state index in [0.717, 1.165) is 17.7 Å². The van der Waals surface area contributed by atoms with Crippen LogP contribution in [0.25, 0.3) is 0 Å². The molecule has 4 nitrogen and oxygen atoms in total. The van der Waals surface area contributed by atoms with Gasteiger partial charge in [0, 0.05) is 18.0 Å². The molecule has 0 unspecified atom stereocenters. The Morgan fingerprint density at radius 2 is 1.77 bits per heavy atom. The molecule has 2 aromatic rings. The molecule has 0 fully saturated rings. The summed E-state index contributed by atoms with van der Waals surface area (Å²) in [5.41, 5.74) is 0.913. The number of methoxy groups -OCH3 is 2. The normalized spacial score (nSPS) is 10.5. The lowest BCUT2D eigenvalue weighted by Gasteiger charge is -2.21. The number of carbonyl (C=O) groups is 1. The van der Waals surface area contributed by atoms with Gasteiger partial charge in [0.2, 0.25) is 5.91 Å². The molecule has 0 saturated heterocycles. The number of hydrogen-bond acceptors (Lipinski definition) is 4. The molecule has 0 atom stereocenters. The van der Waals surface area contributed by atoms with Gasteiger partial charge in [-0.2, -0.15) is 0 Å². The summed E-state index contributed by atoms with van der Waals surface area (Å²) in [6.07, 6.45) is 0. The SMILES string of the molecule is CCN(Cc1ccc(OC)c(OC)c1)C(=O)CSc1ccc(F)c(F)c1. The van der Waals surface area contributed by atoms with Crippen LogP contribution in [-0.4, -0.2) is 37.3 Å². The summed E-state index contributed by atoms with van der Waals surface area (Å²) in [5.74, 6) is -0.530. The van der Waals surface area contributed by atoms with Crippen LogP contribution in [0.5, 0.6) is 11.5 Å². The molecule has 0 spiro atoms. The molecule has 0 aliphatic rings. The highest BCUT2D eigenvalue weighted by Crippen LogP contribution is 2.28. The van der Waals surface area contributed by atoms with Crippen LogP contribution < -0.4 is 9.47 Å². The first-order valence-corrected chi connectivity index (χ1v) is 9.03. The zero-order chi connectivity index (χ0) is 19.1. The number of benzene rings is 2. The molecule has 0 bridgehead atoms. The van der Waals surface area contributed by atoms with Gasteiger partial charge in [-0.1, -0.05) is 6.07 Å². The lowest BCUT2D eigenvalue weighted by Crippen LogP contribution is -2.31. The fourth-order valence-electron chi connectivity index (χ4n) is 2.38. The van der Waals surface area contributed by atoms with Gasteiger partial charge in [-0.3, -0.25) is 4.79 Å². The van der Waals surface area contributed by atoms with E-state index in [4.69, 9.17) is 9.47 Å². The molecule has 2 rings (SSSR count). The molecule has 0 radical (unpaired) electrons. The van der Waals surface area contributed by atoms with Gasteiger partial charge in [-0.15, -0.1) is 11.8 Å². The number of nitrogens with zero attached hydrogens (tertiary/aromatic N) is 1. The largest absolute Gasteiger partial charge is 0.493 e. The van der Waals surface area contributed by atoms with Crippen LogP contribution in [0.15, 0.2) is 41.3 Å². The van der Waals surface area contributed by atoms with Gasteiger partial charge in [0.25, 0.3) is 0 Å². The van der Waals surface area contributed by atoms with Crippen molar-refractivity contribution in [2.75, 3.05) is 26.5 Å². The Labute approximate surface area is 156 Å². The van der Waals surface area contributed by atoms with Crippen molar-refractivity contribution in [3.63, 3.8) is 0 Å². The molecule has 7 heteroatoms. The lowest BCUT2D eigenvalue weighted by atomic mass is 10.2. The first-order valence-electron chi connectivity index (χ1n) is 8.05. The summed E-state index contributed by atoms with van der Waals surface area (Å²) in [6.45, 7) is 2.85. The monoisotopic (exact) mass is 381 g/mol. The Morgan fingerprint density at radius 1 is 1.04 bits per heavy atom. The zero-order valence-electron chi connectivity index (χ0n) is 14.9. The summed E-state index contributed by atoms with van der Waals surface area (Å²) < 4.78 is 36.7. The minimum Gasteiger partial charge on any atom is -0.493 e. The maximum Gasteiger partial charge on any atom is 0.233 e. The van der Waals surface area contributed by atoms with Crippen LogP contribution in [0, 0.1) is 11.6 Å². The standard InChI is InChI=1S/C19H21F2NO3S/c1-4-22(11-13-5-8-17(24-2)18(9-13)25-3)19(23)12-26-14-6-7-15(20)16(21)10-14/h5-10H,4,11-12H2,1-3H3. The molecule has 0 saturated carbocycles. The highest BCUT2D eigenvalue weighted by Gasteiger charge is 2.15. The van der Waals surface area contributed by atoms with Crippen LogP contribution in [0.1, 0.15) is 12.5 Å². The Bertz CT molecular complexity index is 770. The molecule has 0 aliphatic carbocycles. The van der Waals surface area contributed by atoms with Crippen molar-refractivity contribution in [3.8, 4) is 11.5 Å². The van der Waals surface area contributed by atoms with Crippen molar-refractivity contribution in [2.45, 2.75) is 18.4 Å². The number of carbonyl (C=O) groups excluding carboxylic acids is 1. The van der Waals surface area contributed by atoms with Crippen molar-refractivity contribution in [1.82, 2.24) is 4.90 Å². The van der Waals surface area contributed by atoms with Crippen LogP contribution >= 0.6 is 11.8 Å². The summed E-state index contributed by atoms with van der Waals surface area (Å²) in [5, 5.41) is 0. The van der Waals surface area contributed by atoms with Crippen molar-refractivity contribution in [1.29, 1.82) is 0 Å². The van der Waals surface area contributed by atoms with Crippen molar-refractivity contribution < 1.29 is 23.0 Å². The number of hydrogen-bond donors (Lipinski definition) is 0. The Balaban J connectivity index is 2.00. The number of rotatable bonds is 8. The third-order valence-electron chi connectivity index (χ3n) is 3.81. The van der Waals surface area contributed by atoms with Crippen LogP contribution in [-0.2, 0) is 11.3 Å². The van der Waals surface area contributed by atoms with Crippen molar-refractivity contribution in [2.24, 2.45) is 0 Å². The third kappa shape index (κ3) is 5.11. The molecular weight excluding hydrogens is 360 g/mol. The Morgan fingerprint density at radius 3 is 2.38 bits per heavy atom. The van der Waals surface area contributed by atoms with Crippen LogP contribution in [0.2, 0.25) is 0 Å². The predicted octanol–water partition coefficient (Wildman–Crippen LogP) is 4.12. The zero-order valence-corrected chi connectivity index (χ0v) is 15.7. The lowest BCUT2D eigenvalue weighted by molar-refractivity contribution is -0.128. The van der Waals surface area contributed by atoms with Crippen molar-refractivity contribution >= 4 is 17.7 Å². The average Bonchev–Trinajstić information content (AvgIpc) is 2.66. The van der Waals surface area contributed by atoms with E-state index in [2.05, 4.69) is 0 Å². The maximum absolute atomic E-state index is 13.2. The van der Waals surface area contributed by atoms with Gasteiger partial charge >= 0.3 is 0 Å². The average molecular weight is 381 g/mol. The van der Waals surface area contributed by atoms with E-state index in [1.54, 1.807) is 25.2 Å². The highest BCUT2D eigenvalue weighted by atomic mass is 32.2. The third-order valence-corrected chi connectivity index (χ3v) is 4.79. The highest BCUT2D eigenvalue weighted by molar-refractivity contribution is 8.00. The van der Waals surface area contributed by atoms with E-state index in [9.17, 15) is 13.6 Å². The summed E-state index contributed by atoms with van der Waals surface area (Å²) in [7, 11) is 3.12. The molecule has 26 heavy (non-hydrogen) atoms. The molecule has 0 aliphatic heterocycles. The molecule has 2 aromatic carbocycles. The molecule has 140 valence electrons. The molecular formula is C19H21F2NO3S. The number of thioether (sulfide) groups is 1. The molecule has 0 N–H and O–H groups in total. The smallest absolute Gasteiger partial charge is 0.233 e. The molecule has 1 amide bonds. The molecule has 0 heterocycles. The number of amides is 1. The van der Waals surface area contributed by atoms with Crippen molar-refractivity contribution in [3.05, 3.63) is 53.6 Å². The quantitative estimate of drug-likeness (QED) is 0.645. The van der Waals surface area contributed by atoms with E-state index in [0.29, 0.717) is 29.5 Å². The first-order chi connectivity index (χ1) is 12.5. The second-order valence-electron chi connectivity index (χ2n) is 5.46. The predicted molar refractivity (Wildman–Crippen MR) is 97.7 cm³/mol. The summed E-state index contributed by atoms with van der Waals surface area (Å²) in [4.78, 5) is 14.7. The number of halogens is 2. The Kier molecular flexibility index (Phi) is 7.26. The fraction of sp³-hybridized carbons (Fsp3) is 0.316. The van der Waals surface area contributed by atoms with E-state index in [1.807, 2.05) is 19.1 Å². The summed E-state index contributed by atoms with van der Waals surface area (Å²) >= 11 is 1.18. The second kappa shape index (κ2) is 9.43. The maximum atomic E-state index is 13.2. The van der Waals surface area contributed by atoms with E-state index in [-0.39, 0.29) is 11.7 Å². The second-order valence-corrected chi connectivity index (χ2v) is 6.51. The van der Waals surface area contributed by atoms with Crippen LogP contribution in [0.4, 0.5) is 8.78 Å². The first kappa shape index (κ1) is 20.0. The minimum absolute atomic E-state index is 0.0861. The summed E-state index contributed by atoms with van der Waals surface area (Å²) in [6, 6.07) is 9.11. The van der Waals surface area contributed by atoms with Gasteiger partial charge in [0.05, 0.1) is 20.0 Å². The van der Waals surface area contributed by atoms with Gasteiger partial charge in [-0.05, 0) is 42.8 Å². The molecule has 0 aromatic heterocycles. The van der Waals surface area contributed by atoms with E-state index in [1.165, 1.54) is 17.8 Å². The van der Waals surface area contributed by atoms with Gasteiger partial charge < -0.3 is 14.4 Å². The fourth-order valence-corrected chi connectivity index (χ4v) is 3.20. The van der Waals surface area contributed by atoms with Gasteiger partial charge in [-0.25, -0.2) is 8.78 Å². The van der Waals surface area contributed by atoms with Gasteiger partial charge in [0.1, 0.15) is 0 Å². The van der Waals surface area contributed by atoms with E-state index < -0.39 is 11.6 Å². The Hall–Kier alpha value is -2.28. The van der Waals surface area contributed by atoms with Crippen LogP contribution in [0.3, 0.4) is 0 Å². The number of ether oxygens (including phenoxy) is 2. The van der Waals surface area contributed by atoms with Gasteiger partial charge in [0.15, 0.2) is 23.1 Å². The van der Waals surface area contributed by atoms with E-state index >= 15 is 0 Å². The topological polar surface area (TPSA) is 38.8 Å². The minimum atomic E-state index is -0.917.